The van der Waals surface area contributed by atoms with E-state index in [-0.39, 0.29) is 10.6 Å². The van der Waals surface area contributed by atoms with Crippen molar-refractivity contribution in [3.8, 4) is 0 Å². The van der Waals surface area contributed by atoms with Crippen molar-refractivity contribution in [2.24, 2.45) is 0 Å². The molecule has 0 spiro atoms. The van der Waals surface area contributed by atoms with Crippen molar-refractivity contribution in [2.75, 3.05) is 0 Å². The molecule has 0 fully saturated rings. The molecular formula is C11H17NO2Si. The maximum atomic E-state index is 10.8. The van der Waals surface area contributed by atoms with Crippen molar-refractivity contribution in [1.82, 2.24) is 0 Å². The number of hydrogen-bond donors (Lipinski definition) is 0. The van der Waals surface area contributed by atoms with Gasteiger partial charge in [0.25, 0.3) is 5.69 Å². The van der Waals surface area contributed by atoms with E-state index in [1.54, 1.807) is 12.1 Å². The van der Waals surface area contributed by atoms with E-state index in [0.29, 0.717) is 0 Å². The van der Waals surface area contributed by atoms with E-state index in [4.69, 9.17) is 0 Å². The van der Waals surface area contributed by atoms with Crippen molar-refractivity contribution in [3.63, 3.8) is 0 Å². The number of nitrogens with zero attached hydrogens (tertiary/aromatic N) is 1. The first-order valence-corrected chi connectivity index (χ1v) is 8.83. The second-order valence-electron chi connectivity index (χ2n) is 4.95. The van der Waals surface area contributed by atoms with E-state index >= 15 is 0 Å². The summed E-state index contributed by atoms with van der Waals surface area (Å²) in [7, 11) is -1.12. The van der Waals surface area contributed by atoms with Gasteiger partial charge in [0.15, 0.2) is 0 Å². The predicted molar refractivity (Wildman–Crippen MR) is 65.0 cm³/mol. The molecular weight excluding hydrogens is 206 g/mol. The molecule has 0 aromatic heterocycles. The first-order valence-electron chi connectivity index (χ1n) is 5.12. The molecule has 0 radical (unpaired) electrons. The number of benzene rings is 1. The molecule has 0 saturated carbocycles. The third-order valence-corrected chi connectivity index (χ3v) is 4.08. The molecule has 1 rings (SSSR count). The third-order valence-electron chi connectivity index (χ3n) is 2.33. The van der Waals surface area contributed by atoms with E-state index in [2.05, 4.69) is 19.6 Å². The lowest BCUT2D eigenvalue weighted by Gasteiger charge is -2.15. The van der Waals surface area contributed by atoms with Crippen LogP contribution in [-0.2, 0) is 6.42 Å². The SMILES string of the molecule is C[Si](C)(C)CCc1ccccc1[N+](=O)[O-]. The van der Waals surface area contributed by atoms with Crippen LogP contribution in [0.5, 0.6) is 0 Å². The van der Waals surface area contributed by atoms with Gasteiger partial charge in [0.05, 0.1) is 4.92 Å². The third kappa shape index (κ3) is 3.83. The van der Waals surface area contributed by atoms with E-state index in [0.717, 1.165) is 18.0 Å². The fraction of sp³-hybridized carbons (Fsp3) is 0.455. The standard InChI is InChI=1S/C11H17NO2Si/c1-15(2,3)9-8-10-6-4-5-7-11(10)12(13)14/h4-7H,8-9H2,1-3H3. The minimum atomic E-state index is -1.12. The van der Waals surface area contributed by atoms with Crippen LogP contribution < -0.4 is 0 Å². The summed E-state index contributed by atoms with van der Waals surface area (Å²) >= 11 is 0. The smallest absolute Gasteiger partial charge is 0.258 e. The van der Waals surface area contributed by atoms with Gasteiger partial charge in [-0.05, 0) is 6.42 Å². The van der Waals surface area contributed by atoms with E-state index in [1.807, 2.05) is 12.1 Å². The molecule has 0 unspecified atom stereocenters. The van der Waals surface area contributed by atoms with Gasteiger partial charge >= 0.3 is 0 Å². The number of aryl methyl sites for hydroxylation is 1. The van der Waals surface area contributed by atoms with Gasteiger partial charge in [-0.15, -0.1) is 0 Å². The molecule has 82 valence electrons. The lowest BCUT2D eigenvalue weighted by atomic mass is 10.1. The first kappa shape index (κ1) is 11.9. The van der Waals surface area contributed by atoms with Crippen molar-refractivity contribution >= 4 is 13.8 Å². The Bertz CT molecular complexity index is 358. The quantitative estimate of drug-likeness (QED) is 0.445. The average molecular weight is 223 g/mol. The topological polar surface area (TPSA) is 43.1 Å². The summed E-state index contributed by atoms with van der Waals surface area (Å²) in [6, 6.07) is 8.12. The molecule has 4 heteroatoms. The van der Waals surface area contributed by atoms with Gasteiger partial charge in [0.1, 0.15) is 0 Å². The van der Waals surface area contributed by atoms with Crippen LogP contribution in [0.2, 0.25) is 25.7 Å². The normalized spacial score (nSPS) is 11.4. The zero-order valence-corrected chi connectivity index (χ0v) is 10.5. The van der Waals surface area contributed by atoms with Crippen molar-refractivity contribution in [2.45, 2.75) is 32.1 Å². The molecule has 0 aliphatic heterocycles. The summed E-state index contributed by atoms with van der Waals surface area (Å²) in [5.74, 6) is 0. The second kappa shape index (κ2) is 4.57. The van der Waals surface area contributed by atoms with Crippen LogP contribution in [-0.4, -0.2) is 13.0 Å². The van der Waals surface area contributed by atoms with Crippen LogP contribution in [0.15, 0.2) is 24.3 Å². The second-order valence-corrected chi connectivity index (χ2v) is 10.6. The lowest BCUT2D eigenvalue weighted by molar-refractivity contribution is -0.385. The maximum absolute atomic E-state index is 10.8. The summed E-state index contributed by atoms with van der Waals surface area (Å²) in [4.78, 5) is 10.5. The first-order chi connectivity index (χ1) is 6.90. The Morgan fingerprint density at radius 1 is 1.27 bits per heavy atom. The number of hydrogen-bond acceptors (Lipinski definition) is 2. The Hall–Kier alpha value is -1.16. The van der Waals surface area contributed by atoms with Crippen molar-refractivity contribution in [3.05, 3.63) is 39.9 Å². The van der Waals surface area contributed by atoms with E-state index in [1.165, 1.54) is 0 Å². The number of rotatable bonds is 4. The lowest BCUT2D eigenvalue weighted by Crippen LogP contribution is -2.20. The average Bonchev–Trinajstić information content (AvgIpc) is 2.14. The Balaban J connectivity index is 2.81. The number of nitro benzene ring substituents is 1. The highest BCUT2D eigenvalue weighted by molar-refractivity contribution is 6.76. The van der Waals surface area contributed by atoms with Crippen molar-refractivity contribution in [1.29, 1.82) is 0 Å². The van der Waals surface area contributed by atoms with Gasteiger partial charge in [0, 0.05) is 19.7 Å². The minimum Gasteiger partial charge on any atom is -0.258 e. The largest absolute Gasteiger partial charge is 0.272 e. The summed E-state index contributed by atoms with van der Waals surface area (Å²) in [5, 5.41) is 10.8. The van der Waals surface area contributed by atoms with Gasteiger partial charge in [0.2, 0.25) is 0 Å². The molecule has 3 nitrogen and oxygen atoms in total. The summed E-state index contributed by atoms with van der Waals surface area (Å²) in [6.45, 7) is 6.84. The number of para-hydroxylation sites is 1. The van der Waals surface area contributed by atoms with Gasteiger partial charge in [-0.2, -0.15) is 0 Å². The Morgan fingerprint density at radius 3 is 2.40 bits per heavy atom. The van der Waals surface area contributed by atoms with Crippen LogP contribution in [0.4, 0.5) is 5.69 Å². The monoisotopic (exact) mass is 223 g/mol. The highest BCUT2D eigenvalue weighted by Crippen LogP contribution is 2.22. The molecule has 0 amide bonds. The fourth-order valence-electron chi connectivity index (χ4n) is 1.41. The van der Waals surface area contributed by atoms with Crippen LogP contribution in [0.1, 0.15) is 5.56 Å². The van der Waals surface area contributed by atoms with Crippen LogP contribution in [0, 0.1) is 10.1 Å². The highest BCUT2D eigenvalue weighted by atomic mass is 28.3. The Morgan fingerprint density at radius 2 is 1.87 bits per heavy atom. The molecule has 0 heterocycles. The molecule has 0 aliphatic rings. The molecule has 0 atom stereocenters. The fourth-order valence-corrected chi connectivity index (χ4v) is 2.43. The maximum Gasteiger partial charge on any atom is 0.272 e. The van der Waals surface area contributed by atoms with Crippen LogP contribution >= 0.6 is 0 Å². The Labute approximate surface area is 91.3 Å². The molecule has 1 aromatic carbocycles. The summed E-state index contributed by atoms with van der Waals surface area (Å²) in [6.07, 6.45) is 0.826. The van der Waals surface area contributed by atoms with Gasteiger partial charge in [-0.3, -0.25) is 10.1 Å². The van der Waals surface area contributed by atoms with Gasteiger partial charge in [-0.25, -0.2) is 0 Å². The Kier molecular flexibility index (Phi) is 3.63. The summed E-state index contributed by atoms with van der Waals surface area (Å²) < 4.78 is 0. The summed E-state index contributed by atoms with van der Waals surface area (Å²) in [5.41, 5.74) is 1.13. The van der Waals surface area contributed by atoms with Crippen molar-refractivity contribution < 1.29 is 4.92 Å². The van der Waals surface area contributed by atoms with Gasteiger partial charge in [-0.1, -0.05) is 43.9 Å². The predicted octanol–water partition coefficient (Wildman–Crippen LogP) is 3.48. The highest BCUT2D eigenvalue weighted by Gasteiger charge is 2.17. The molecule has 0 saturated heterocycles. The molecule has 0 N–H and O–H groups in total. The van der Waals surface area contributed by atoms with E-state index < -0.39 is 8.07 Å². The van der Waals surface area contributed by atoms with Gasteiger partial charge < -0.3 is 0 Å². The number of nitro groups is 1. The molecule has 15 heavy (non-hydrogen) atoms. The van der Waals surface area contributed by atoms with Crippen LogP contribution in [0.25, 0.3) is 0 Å². The van der Waals surface area contributed by atoms with E-state index in [9.17, 15) is 10.1 Å². The zero-order valence-electron chi connectivity index (χ0n) is 9.49. The molecule has 1 aromatic rings. The zero-order chi connectivity index (χ0) is 11.5. The molecule has 0 aliphatic carbocycles. The minimum absolute atomic E-state index is 0.260. The molecule has 0 bridgehead atoms. The van der Waals surface area contributed by atoms with Crippen LogP contribution in [0.3, 0.4) is 0 Å².